The standard InChI is InChI=1S/C24H26BrN3O7/c1-15(2)35-24(33)17-8-12-19(13-9-17)26-20(29)4-3-5-22(31)34-14-21(30)27-28-23(32)16-6-10-18(25)11-7-16/h6-13,15H,3-5,14H2,1-2H3,(H,26,29)(H,27,30)(H,28,32). The molecule has 35 heavy (non-hydrogen) atoms. The van der Waals surface area contributed by atoms with Crippen LogP contribution >= 0.6 is 15.9 Å². The second-order valence-corrected chi connectivity index (χ2v) is 8.52. The maximum Gasteiger partial charge on any atom is 0.338 e. The molecule has 186 valence electrons. The molecular formula is C24H26BrN3O7. The van der Waals surface area contributed by atoms with Crippen molar-refractivity contribution in [2.75, 3.05) is 11.9 Å². The van der Waals surface area contributed by atoms with E-state index < -0.39 is 30.4 Å². The Morgan fingerprint density at radius 3 is 2.09 bits per heavy atom. The average Bonchev–Trinajstić information content (AvgIpc) is 2.81. The molecule has 3 N–H and O–H groups in total. The highest BCUT2D eigenvalue weighted by Crippen LogP contribution is 2.13. The molecule has 0 radical (unpaired) electrons. The molecule has 0 saturated carbocycles. The quantitative estimate of drug-likeness (QED) is 0.306. The molecule has 2 rings (SSSR count). The number of carbonyl (C=O) groups excluding carboxylic acids is 5. The third-order valence-electron chi connectivity index (χ3n) is 4.32. The summed E-state index contributed by atoms with van der Waals surface area (Å²) in [5.74, 6) is -2.64. The largest absolute Gasteiger partial charge is 0.459 e. The lowest BCUT2D eigenvalue weighted by molar-refractivity contribution is -0.148. The predicted octanol–water partition coefficient (Wildman–Crippen LogP) is 3.13. The molecule has 2 aromatic carbocycles. The third kappa shape index (κ3) is 10.4. The Labute approximate surface area is 210 Å². The Morgan fingerprint density at radius 2 is 1.46 bits per heavy atom. The fraction of sp³-hybridized carbons (Fsp3) is 0.292. The number of carbonyl (C=O) groups is 5. The lowest BCUT2D eigenvalue weighted by Gasteiger charge is -2.09. The van der Waals surface area contributed by atoms with E-state index in [1.807, 2.05) is 0 Å². The van der Waals surface area contributed by atoms with Crippen LogP contribution in [0.2, 0.25) is 0 Å². The van der Waals surface area contributed by atoms with Gasteiger partial charge in [0.25, 0.3) is 11.8 Å². The van der Waals surface area contributed by atoms with Gasteiger partial charge in [-0.2, -0.15) is 0 Å². The Bertz CT molecular complexity index is 1050. The van der Waals surface area contributed by atoms with Crippen molar-refractivity contribution >= 4 is 51.3 Å². The summed E-state index contributed by atoms with van der Waals surface area (Å²) in [6.45, 7) is 2.93. The highest BCUT2D eigenvalue weighted by atomic mass is 79.9. The second kappa shape index (κ2) is 13.9. The molecule has 0 atom stereocenters. The van der Waals surface area contributed by atoms with Crippen molar-refractivity contribution in [3.8, 4) is 0 Å². The van der Waals surface area contributed by atoms with Crippen molar-refractivity contribution in [2.24, 2.45) is 0 Å². The molecule has 10 nitrogen and oxygen atoms in total. The Kier molecular flexibility index (Phi) is 10.9. The monoisotopic (exact) mass is 547 g/mol. The van der Waals surface area contributed by atoms with E-state index in [2.05, 4.69) is 32.1 Å². The zero-order valence-corrected chi connectivity index (χ0v) is 20.8. The van der Waals surface area contributed by atoms with Crippen molar-refractivity contribution in [3.05, 3.63) is 64.1 Å². The number of esters is 2. The minimum Gasteiger partial charge on any atom is -0.459 e. The Hall–Kier alpha value is -3.73. The number of ether oxygens (including phenoxy) is 2. The summed E-state index contributed by atoms with van der Waals surface area (Å²) in [5.41, 5.74) is 5.58. The van der Waals surface area contributed by atoms with E-state index in [-0.39, 0.29) is 31.3 Å². The van der Waals surface area contributed by atoms with Gasteiger partial charge in [0.2, 0.25) is 5.91 Å². The molecule has 0 aliphatic heterocycles. The number of benzene rings is 2. The van der Waals surface area contributed by atoms with Crippen LogP contribution in [0.25, 0.3) is 0 Å². The summed E-state index contributed by atoms with van der Waals surface area (Å²) in [4.78, 5) is 59.3. The van der Waals surface area contributed by atoms with Crippen molar-refractivity contribution < 1.29 is 33.4 Å². The number of amides is 3. The van der Waals surface area contributed by atoms with E-state index in [1.165, 1.54) is 0 Å². The van der Waals surface area contributed by atoms with Crippen molar-refractivity contribution in [1.82, 2.24) is 10.9 Å². The molecule has 0 spiro atoms. The fourth-order valence-electron chi connectivity index (χ4n) is 2.64. The van der Waals surface area contributed by atoms with Crippen LogP contribution in [-0.4, -0.2) is 42.4 Å². The summed E-state index contributed by atoms with van der Waals surface area (Å²) in [6, 6.07) is 12.8. The Morgan fingerprint density at radius 1 is 0.829 bits per heavy atom. The van der Waals surface area contributed by atoms with Crippen LogP contribution in [0.15, 0.2) is 53.0 Å². The molecule has 3 amide bonds. The summed E-state index contributed by atoms with van der Waals surface area (Å²) in [5, 5.41) is 2.67. The van der Waals surface area contributed by atoms with Crippen LogP contribution < -0.4 is 16.2 Å². The van der Waals surface area contributed by atoms with E-state index in [0.717, 1.165) is 4.47 Å². The molecule has 0 unspecified atom stereocenters. The average molecular weight is 548 g/mol. The number of hydrogen-bond acceptors (Lipinski definition) is 7. The molecule has 0 aliphatic rings. The van der Waals surface area contributed by atoms with Gasteiger partial charge in [-0.1, -0.05) is 15.9 Å². The first-order valence-electron chi connectivity index (χ1n) is 10.8. The fourth-order valence-corrected chi connectivity index (χ4v) is 2.91. The minimum absolute atomic E-state index is 0.0572. The molecule has 0 fully saturated rings. The first-order valence-corrected chi connectivity index (χ1v) is 11.5. The molecule has 11 heteroatoms. The van der Waals surface area contributed by atoms with Crippen LogP contribution in [-0.2, 0) is 23.9 Å². The SMILES string of the molecule is CC(C)OC(=O)c1ccc(NC(=O)CCCC(=O)OCC(=O)NNC(=O)c2ccc(Br)cc2)cc1. The van der Waals surface area contributed by atoms with Gasteiger partial charge in [-0.3, -0.25) is 30.0 Å². The van der Waals surface area contributed by atoms with Crippen LogP contribution in [0.5, 0.6) is 0 Å². The first-order chi connectivity index (χ1) is 16.6. The van der Waals surface area contributed by atoms with Gasteiger partial charge in [-0.05, 0) is 68.8 Å². The minimum atomic E-state index is -0.706. The van der Waals surface area contributed by atoms with Gasteiger partial charge in [-0.15, -0.1) is 0 Å². The molecule has 2 aromatic rings. The number of anilines is 1. The normalized spacial score (nSPS) is 10.3. The topological polar surface area (TPSA) is 140 Å². The number of rotatable bonds is 10. The summed E-state index contributed by atoms with van der Waals surface area (Å²) in [6.07, 6.45) is -0.0228. The zero-order chi connectivity index (χ0) is 25.8. The molecule has 0 aliphatic carbocycles. The summed E-state index contributed by atoms with van der Waals surface area (Å²) >= 11 is 3.26. The van der Waals surface area contributed by atoms with Gasteiger partial charge < -0.3 is 14.8 Å². The van der Waals surface area contributed by atoms with Gasteiger partial charge in [0.15, 0.2) is 6.61 Å². The molecular weight excluding hydrogens is 522 g/mol. The van der Waals surface area contributed by atoms with Crippen LogP contribution in [0.1, 0.15) is 53.8 Å². The Balaban J connectivity index is 1.61. The maximum absolute atomic E-state index is 12.0. The summed E-state index contributed by atoms with van der Waals surface area (Å²) in [7, 11) is 0. The number of halogens is 1. The van der Waals surface area contributed by atoms with Crippen LogP contribution in [0.4, 0.5) is 5.69 Å². The zero-order valence-electron chi connectivity index (χ0n) is 19.3. The predicted molar refractivity (Wildman–Crippen MR) is 130 cm³/mol. The van der Waals surface area contributed by atoms with Gasteiger partial charge >= 0.3 is 11.9 Å². The lowest BCUT2D eigenvalue weighted by atomic mass is 10.2. The van der Waals surface area contributed by atoms with Crippen LogP contribution in [0, 0.1) is 0 Å². The van der Waals surface area contributed by atoms with E-state index in [0.29, 0.717) is 16.8 Å². The number of hydrazine groups is 1. The first kappa shape index (κ1) is 27.5. The smallest absolute Gasteiger partial charge is 0.338 e. The molecule has 0 saturated heterocycles. The van der Waals surface area contributed by atoms with E-state index in [4.69, 9.17) is 9.47 Å². The van der Waals surface area contributed by atoms with E-state index in [9.17, 15) is 24.0 Å². The maximum atomic E-state index is 12.0. The van der Waals surface area contributed by atoms with E-state index in [1.54, 1.807) is 62.4 Å². The van der Waals surface area contributed by atoms with Gasteiger partial charge in [0.05, 0.1) is 11.7 Å². The number of hydrogen-bond donors (Lipinski definition) is 3. The molecule has 0 bridgehead atoms. The van der Waals surface area contributed by atoms with Gasteiger partial charge in [-0.25, -0.2) is 4.79 Å². The van der Waals surface area contributed by atoms with Crippen molar-refractivity contribution in [1.29, 1.82) is 0 Å². The highest BCUT2D eigenvalue weighted by molar-refractivity contribution is 9.10. The third-order valence-corrected chi connectivity index (χ3v) is 4.85. The van der Waals surface area contributed by atoms with Crippen molar-refractivity contribution in [3.63, 3.8) is 0 Å². The molecule has 0 aromatic heterocycles. The van der Waals surface area contributed by atoms with Crippen LogP contribution in [0.3, 0.4) is 0 Å². The lowest BCUT2D eigenvalue weighted by Crippen LogP contribution is -2.43. The van der Waals surface area contributed by atoms with Gasteiger partial charge in [0, 0.05) is 28.6 Å². The second-order valence-electron chi connectivity index (χ2n) is 7.60. The molecule has 0 heterocycles. The highest BCUT2D eigenvalue weighted by Gasteiger charge is 2.12. The number of nitrogens with one attached hydrogen (secondary N) is 3. The van der Waals surface area contributed by atoms with E-state index >= 15 is 0 Å². The summed E-state index contributed by atoms with van der Waals surface area (Å²) < 4.78 is 10.7. The van der Waals surface area contributed by atoms with Gasteiger partial charge in [0.1, 0.15) is 0 Å². The van der Waals surface area contributed by atoms with Crippen molar-refractivity contribution in [2.45, 2.75) is 39.2 Å².